The summed E-state index contributed by atoms with van der Waals surface area (Å²) in [5.41, 5.74) is 1.18. The fraction of sp³-hybridized carbons (Fsp3) is 0.706. The molecule has 0 aliphatic carbocycles. The molecule has 1 atom stereocenters. The molecule has 0 amide bonds. The Balaban J connectivity index is 2.36. The Labute approximate surface area is 124 Å². The molecule has 114 valence electrons. The first kappa shape index (κ1) is 17.1. The predicted molar refractivity (Wildman–Crippen MR) is 87.0 cm³/mol. The van der Waals surface area contributed by atoms with Crippen LogP contribution in [-0.2, 0) is 6.42 Å². The van der Waals surface area contributed by atoms with Crippen molar-refractivity contribution in [1.29, 1.82) is 0 Å². The number of aromatic nitrogens is 1. The Morgan fingerprint density at radius 1 is 1.25 bits per heavy atom. The monoisotopic (exact) mass is 277 g/mol. The molecule has 1 heterocycles. The van der Waals surface area contributed by atoms with E-state index in [4.69, 9.17) is 0 Å². The van der Waals surface area contributed by atoms with Gasteiger partial charge < -0.3 is 10.2 Å². The summed E-state index contributed by atoms with van der Waals surface area (Å²) in [6.07, 6.45) is 5.40. The highest BCUT2D eigenvalue weighted by atomic mass is 15.1. The Morgan fingerprint density at radius 2 is 2.05 bits per heavy atom. The van der Waals surface area contributed by atoms with Crippen molar-refractivity contribution in [2.24, 2.45) is 5.92 Å². The first-order valence-electron chi connectivity index (χ1n) is 7.94. The number of likely N-dealkylation sites (N-methyl/N-ethyl adjacent to an activating group) is 1. The zero-order valence-corrected chi connectivity index (χ0v) is 13.6. The van der Waals surface area contributed by atoms with Gasteiger partial charge in [-0.1, -0.05) is 33.3 Å². The smallest absolute Gasteiger partial charge is 0.0416 e. The maximum Gasteiger partial charge on any atom is 0.0416 e. The minimum atomic E-state index is 0.627. The molecule has 1 unspecified atom stereocenters. The molecule has 0 spiro atoms. The fourth-order valence-electron chi connectivity index (χ4n) is 2.37. The van der Waals surface area contributed by atoms with Crippen LogP contribution in [0.2, 0.25) is 0 Å². The van der Waals surface area contributed by atoms with Crippen molar-refractivity contribution in [3.05, 3.63) is 30.1 Å². The van der Waals surface area contributed by atoms with Crippen molar-refractivity contribution in [2.75, 3.05) is 26.7 Å². The molecule has 0 saturated carbocycles. The van der Waals surface area contributed by atoms with Gasteiger partial charge in [-0.2, -0.15) is 0 Å². The normalized spacial score (nSPS) is 13.1. The quantitative estimate of drug-likeness (QED) is 0.712. The molecular weight excluding hydrogens is 246 g/mol. The summed E-state index contributed by atoms with van der Waals surface area (Å²) < 4.78 is 0. The number of hydrogen-bond donors (Lipinski definition) is 1. The van der Waals surface area contributed by atoms with Gasteiger partial charge in [0, 0.05) is 37.4 Å². The fourth-order valence-corrected chi connectivity index (χ4v) is 2.37. The molecule has 3 nitrogen and oxygen atoms in total. The Morgan fingerprint density at radius 3 is 2.65 bits per heavy atom. The second-order valence-corrected chi connectivity index (χ2v) is 6.05. The van der Waals surface area contributed by atoms with Gasteiger partial charge in [0.1, 0.15) is 0 Å². The van der Waals surface area contributed by atoms with E-state index in [0.29, 0.717) is 6.04 Å². The van der Waals surface area contributed by atoms with Crippen LogP contribution in [0.4, 0.5) is 0 Å². The molecule has 3 heteroatoms. The van der Waals surface area contributed by atoms with Crippen LogP contribution in [0.5, 0.6) is 0 Å². The highest BCUT2D eigenvalue weighted by Crippen LogP contribution is 2.06. The van der Waals surface area contributed by atoms with Gasteiger partial charge in [0.15, 0.2) is 0 Å². The summed E-state index contributed by atoms with van der Waals surface area (Å²) in [5, 5.41) is 3.59. The van der Waals surface area contributed by atoms with Crippen LogP contribution in [0.15, 0.2) is 24.4 Å². The Hall–Kier alpha value is -0.930. The molecule has 0 radical (unpaired) electrons. The van der Waals surface area contributed by atoms with E-state index in [9.17, 15) is 0 Å². The van der Waals surface area contributed by atoms with Crippen molar-refractivity contribution in [1.82, 2.24) is 15.2 Å². The maximum atomic E-state index is 4.40. The maximum absolute atomic E-state index is 4.40. The van der Waals surface area contributed by atoms with Gasteiger partial charge in [-0.3, -0.25) is 4.98 Å². The molecular formula is C17H31N3. The van der Waals surface area contributed by atoms with E-state index in [1.807, 2.05) is 12.3 Å². The third kappa shape index (κ3) is 7.01. The zero-order chi connectivity index (χ0) is 14.8. The van der Waals surface area contributed by atoms with Crippen molar-refractivity contribution in [2.45, 2.75) is 46.1 Å². The Bertz CT molecular complexity index is 337. The molecule has 1 N–H and O–H groups in total. The average Bonchev–Trinajstić information content (AvgIpc) is 2.44. The third-order valence-electron chi connectivity index (χ3n) is 3.62. The number of pyridine rings is 1. The van der Waals surface area contributed by atoms with E-state index in [1.54, 1.807) is 0 Å². The van der Waals surface area contributed by atoms with Crippen molar-refractivity contribution in [3.8, 4) is 0 Å². The van der Waals surface area contributed by atoms with Gasteiger partial charge >= 0.3 is 0 Å². The molecule has 1 aromatic rings. The van der Waals surface area contributed by atoms with E-state index in [1.165, 1.54) is 18.5 Å². The van der Waals surface area contributed by atoms with Crippen molar-refractivity contribution in [3.63, 3.8) is 0 Å². The molecule has 1 aromatic heterocycles. The van der Waals surface area contributed by atoms with Crippen LogP contribution >= 0.6 is 0 Å². The lowest BCUT2D eigenvalue weighted by molar-refractivity contribution is 0.223. The van der Waals surface area contributed by atoms with E-state index < -0.39 is 0 Å². The molecule has 20 heavy (non-hydrogen) atoms. The minimum absolute atomic E-state index is 0.627. The summed E-state index contributed by atoms with van der Waals surface area (Å²) in [4.78, 5) is 6.88. The molecule has 0 aromatic carbocycles. The number of hydrogen-bond acceptors (Lipinski definition) is 3. The molecule has 0 fully saturated rings. The molecule has 0 saturated heterocycles. The first-order chi connectivity index (χ1) is 9.63. The first-order valence-corrected chi connectivity index (χ1v) is 7.94. The van der Waals surface area contributed by atoms with Gasteiger partial charge in [0.05, 0.1) is 0 Å². The van der Waals surface area contributed by atoms with E-state index >= 15 is 0 Å². The highest BCUT2D eigenvalue weighted by molar-refractivity contribution is 5.03. The average molecular weight is 277 g/mol. The molecule has 0 aliphatic rings. The van der Waals surface area contributed by atoms with Gasteiger partial charge in [-0.15, -0.1) is 0 Å². The Kier molecular flexibility index (Phi) is 8.47. The van der Waals surface area contributed by atoms with E-state index in [-0.39, 0.29) is 0 Å². The van der Waals surface area contributed by atoms with Crippen LogP contribution < -0.4 is 5.32 Å². The standard InChI is InChI=1S/C17H31N3/c1-5-8-17(14-18-13-15(2)3)20(4)12-10-16-9-6-7-11-19-16/h6-7,9,11,15,17-18H,5,8,10,12-14H2,1-4H3. The highest BCUT2D eigenvalue weighted by Gasteiger charge is 2.13. The SMILES string of the molecule is CCCC(CNCC(C)C)N(C)CCc1ccccn1. The van der Waals surface area contributed by atoms with Crippen LogP contribution in [0.3, 0.4) is 0 Å². The van der Waals surface area contributed by atoms with Crippen LogP contribution in [0, 0.1) is 5.92 Å². The van der Waals surface area contributed by atoms with E-state index in [2.05, 4.69) is 55.2 Å². The second-order valence-electron chi connectivity index (χ2n) is 6.05. The largest absolute Gasteiger partial charge is 0.315 e. The number of nitrogens with zero attached hydrogens (tertiary/aromatic N) is 2. The third-order valence-corrected chi connectivity index (χ3v) is 3.62. The lowest BCUT2D eigenvalue weighted by Gasteiger charge is -2.28. The summed E-state index contributed by atoms with van der Waals surface area (Å²) in [7, 11) is 2.24. The van der Waals surface area contributed by atoms with Crippen molar-refractivity contribution >= 4 is 0 Å². The van der Waals surface area contributed by atoms with Crippen LogP contribution in [-0.4, -0.2) is 42.6 Å². The lowest BCUT2D eigenvalue weighted by Crippen LogP contribution is -2.41. The lowest BCUT2D eigenvalue weighted by atomic mass is 10.1. The molecule has 0 aliphatic heterocycles. The summed E-state index contributed by atoms with van der Waals surface area (Å²) in [6.45, 7) is 10.0. The number of rotatable bonds is 10. The minimum Gasteiger partial charge on any atom is -0.315 e. The van der Waals surface area contributed by atoms with Crippen LogP contribution in [0.1, 0.15) is 39.3 Å². The second kappa shape index (κ2) is 9.89. The summed E-state index contributed by atoms with van der Waals surface area (Å²) in [6, 6.07) is 6.78. The topological polar surface area (TPSA) is 28.2 Å². The van der Waals surface area contributed by atoms with E-state index in [0.717, 1.165) is 32.0 Å². The van der Waals surface area contributed by atoms with Gasteiger partial charge in [-0.05, 0) is 38.1 Å². The zero-order valence-electron chi connectivity index (χ0n) is 13.6. The summed E-state index contributed by atoms with van der Waals surface area (Å²) in [5.74, 6) is 0.719. The van der Waals surface area contributed by atoms with Gasteiger partial charge in [0.2, 0.25) is 0 Å². The van der Waals surface area contributed by atoms with Gasteiger partial charge in [0.25, 0.3) is 0 Å². The molecule has 0 bridgehead atoms. The predicted octanol–water partition coefficient (Wildman–Crippen LogP) is 2.97. The summed E-state index contributed by atoms with van der Waals surface area (Å²) >= 11 is 0. The van der Waals surface area contributed by atoms with Crippen LogP contribution in [0.25, 0.3) is 0 Å². The van der Waals surface area contributed by atoms with Crippen molar-refractivity contribution < 1.29 is 0 Å². The molecule has 1 rings (SSSR count). The van der Waals surface area contributed by atoms with Gasteiger partial charge in [-0.25, -0.2) is 0 Å². The number of nitrogens with one attached hydrogen (secondary N) is 1.